The molecule has 4 rings (SSSR count). The van der Waals surface area contributed by atoms with Gasteiger partial charge in [-0.05, 0) is 29.8 Å². The number of para-hydroxylation sites is 2. The quantitative estimate of drug-likeness (QED) is 0.594. The van der Waals surface area contributed by atoms with Gasteiger partial charge in [0.05, 0.1) is 16.6 Å². The average molecular weight is 344 g/mol. The zero-order valence-corrected chi connectivity index (χ0v) is 13.8. The van der Waals surface area contributed by atoms with Crippen LogP contribution in [0.5, 0.6) is 11.5 Å². The fourth-order valence-corrected chi connectivity index (χ4v) is 3.02. The van der Waals surface area contributed by atoms with Gasteiger partial charge >= 0.3 is 0 Å². The van der Waals surface area contributed by atoms with Crippen LogP contribution < -0.4 is 0 Å². The minimum absolute atomic E-state index is 0.0981. The number of hydrogen-bond acceptors (Lipinski definition) is 4. The summed E-state index contributed by atoms with van der Waals surface area (Å²) in [5, 5.41) is 19.6. The topological polar surface area (TPSA) is 75.3 Å². The van der Waals surface area contributed by atoms with E-state index in [1.54, 1.807) is 0 Å². The summed E-state index contributed by atoms with van der Waals surface area (Å²) < 4.78 is 1.52. The van der Waals surface area contributed by atoms with Gasteiger partial charge < -0.3 is 10.2 Å². The predicted molar refractivity (Wildman–Crippen MR) is 98.5 cm³/mol. The summed E-state index contributed by atoms with van der Waals surface area (Å²) in [7, 11) is 0. The maximum atomic E-state index is 13.1. The molecule has 0 radical (unpaired) electrons. The molecule has 5 heteroatoms. The summed E-state index contributed by atoms with van der Waals surface area (Å²) in [6, 6.07) is 21.1. The molecule has 5 nitrogen and oxygen atoms in total. The van der Waals surface area contributed by atoms with Gasteiger partial charge in [-0.15, -0.1) is 0 Å². The fourth-order valence-electron chi connectivity index (χ4n) is 3.02. The van der Waals surface area contributed by atoms with Gasteiger partial charge in [0, 0.05) is 12.5 Å². The standard InChI is InChI=1S/C21H16N2O3/c24-15-10-11-16(19(25)13-15)21(26)23-18-9-5-4-8-17(18)22-20(23)12-14-6-2-1-3-7-14/h1-11,13,24-25H,12H2. The van der Waals surface area contributed by atoms with E-state index in [9.17, 15) is 15.0 Å². The van der Waals surface area contributed by atoms with Gasteiger partial charge in [-0.3, -0.25) is 9.36 Å². The molecule has 1 aromatic heterocycles. The molecule has 0 amide bonds. The molecule has 0 saturated carbocycles. The van der Waals surface area contributed by atoms with E-state index >= 15 is 0 Å². The van der Waals surface area contributed by atoms with Crippen LogP contribution in [0.1, 0.15) is 21.7 Å². The van der Waals surface area contributed by atoms with E-state index in [0.29, 0.717) is 23.3 Å². The fraction of sp³-hybridized carbons (Fsp3) is 0.0476. The number of imidazole rings is 1. The van der Waals surface area contributed by atoms with Crippen molar-refractivity contribution in [2.45, 2.75) is 6.42 Å². The van der Waals surface area contributed by atoms with Gasteiger partial charge in [0.15, 0.2) is 0 Å². The number of aromatic nitrogens is 2. The molecule has 0 saturated heterocycles. The summed E-state index contributed by atoms with van der Waals surface area (Å²) >= 11 is 0. The van der Waals surface area contributed by atoms with Crippen LogP contribution in [0, 0.1) is 0 Å². The Morgan fingerprint density at radius 3 is 2.42 bits per heavy atom. The smallest absolute Gasteiger partial charge is 0.267 e. The predicted octanol–water partition coefficient (Wildman–Crippen LogP) is 3.73. The van der Waals surface area contributed by atoms with Crippen LogP contribution in [-0.4, -0.2) is 25.7 Å². The zero-order chi connectivity index (χ0) is 18.1. The molecule has 0 atom stereocenters. The summed E-state index contributed by atoms with van der Waals surface area (Å²) in [5.41, 5.74) is 2.54. The van der Waals surface area contributed by atoms with Crippen LogP contribution in [0.3, 0.4) is 0 Å². The van der Waals surface area contributed by atoms with Crippen molar-refractivity contribution >= 4 is 16.9 Å². The van der Waals surface area contributed by atoms with Crippen molar-refractivity contribution in [1.29, 1.82) is 0 Å². The van der Waals surface area contributed by atoms with Crippen molar-refractivity contribution < 1.29 is 15.0 Å². The first-order valence-electron chi connectivity index (χ1n) is 8.20. The highest BCUT2D eigenvalue weighted by molar-refractivity contribution is 6.03. The third-order valence-electron chi connectivity index (χ3n) is 4.25. The summed E-state index contributed by atoms with van der Waals surface area (Å²) in [6.45, 7) is 0. The number of carbonyl (C=O) groups is 1. The molecular formula is C21H16N2O3. The Hall–Kier alpha value is -3.60. The van der Waals surface area contributed by atoms with Crippen LogP contribution in [0.4, 0.5) is 0 Å². The Bertz CT molecular complexity index is 1100. The number of nitrogens with zero attached hydrogens (tertiary/aromatic N) is 2. The number of phenolic OH excluding ortho intramolecular Hbond substituents is 2. The second-order valence-electron chi connectivity index (χ2n) is 6.02. The number of fused-ring (bicyclic) bond motifs is 1. The van der Waals surface area contributed by atoms with Crippen LogP contribution in [-0.2, 0) is 6.42 Å². The van der Waals surface area contributed by atoms with Crippen LogP contribution in [0.25, 0.3) is 11.0 Å². The normalized spacial score (nSPS) is 10.9. The van der Waals surface area contributed by atoms with Crippen LogP contribution in [0.15, 0.2) is 72.8 Å². The summed E-state index contributed by atoms with van der Waals surface area (Å²) in [5.74, 6) is -0.158. The highest BCUT2D eigenvalue weighted by Gasteiger charge is 2.21. The molecule has 4 aromatic rings. The van der Waals surface area contributed by atoms with E-state index in [2.05, 4.69) is 4.98 Å². The molecule has 0 unspecified atom stereocenters. The minimum atomic E-state index is -0.387. The Morgan fingerprint density at radius 1 is 0.923 bits per heavy atom. The van der Waals surface area contributed by atoms with E-state index in [4.69, 9.17) is 0 Å². The maximum absolute atomic E-state index is 13.1. The lowest BCUT2D eigenvalue weighted by molar-refractivity contribution is 0.0959. The lowest BCUT2D eigenvalue weighted by Gasteiger charge is -2.10. The lowest BCUT2D eigenvalue weighted by atomic mass is 10.1. The Morgan fingerprint density at radius 2 is 1.65 bits per heavy atom. The Kier molecular flexibility index (Phi) is 3.89. The zero-order valence-electron chi connectivity index (χ0n) is 13.8. The van der Waals surface area contributed by atoms with Crippen molar-refractivity contribution in [3.05, 3.63) is 89.7 Å². The van der Waals surface area contributed by atoms with Crippen molar-refractivity contribution in [1.82, 2.24) is 9.55 Å². The Labute approximate surface area is 149 Å². The number of rotatable bonds is 3. The van der Waals surface area contributed by atoms with E-state index < -0.39 is 0 Å². The number of hydrogen-bond donors (Lipinski definition) is 2. The van der Waals surface area contributed by atoms with E-state index in [0.717, 1.165) is 11.6 Å². The van der Waals surface area contributed by atoms with Gasteiger partial charge in [-0.2, -0.15) is 0 Å². The number of carbonyl (C=O) groups excluding carboxylic acids is 1. The molecule has 128 valence electrons. The summed E-state index contributed by atoms with van der Waals surface area (Å²) in [6.07, 6.45) is 0.486. The molecule has 0 aliphatic rings. The Balaban J connectivity index is 1.87. The number of aromatic hydroxyl groups is 2. The van der Waals surface area contributed by atoms with E-state index in [1.807, 2.05) is 54.6 Å². The van der Waals surface area contributed by atoms with E-state index in [-0.39, 0.29) is 23.0 Å². The highest BCUT2D eigenvalue weighted by atomic mass is 16.3. The molecular weight excluding hydrogens is 328 g/mol. The number of benzene rings is 3. The highest BCUT2D eigenvalue weighted by Crippen LogP contribution is 2.26. The number of phenols is 2. The van der Waals surface area contributed by atoms with Crippen LogP contribution in [0.2, 0.25) is 0 Å². The first kappa shape index (κ1) is 15.9. The van der Waals surface area contributed by atoms with Gasteiger partial charge in [0.2, 0.25) is 0 Å². The SMILES string of the molecule is O=C(c1ccc(O)cc1O)n1c(Cc2ccccc2)nc2ccccc21. The van der Waals surface area contributed by atoms with Crippen molar-refractivity contribution in [3.63, 3.8) is 0 Å². The second kappa shape index (κ2) is 6.37. The maximum Gasteiger partial charge on any atom is 0.267 e. The first-order chi connectivity index (χ1) is 12.6. The molecule has 0 aliphatic carbocycles. The molecule has 2 N–H and O–H groups in total. The van der Waals surface area contributed by atoms with Gasteiger partial charge in [0.25, 0.3) is 5.91 Å². The summed E-state index contributed by atoms with van der Waals surface area (Å²) in [4.78, 5) is 17.8. The molecule has 0 aliphatic heterocycles. The van der Waals surface area contributed by atoms with Gasteiger partial charge in [-0.25, -0.2) is 4.98 Å². The largest absolute Gasteiger partial charge is 0.508 e. The molecule has 3 aromatic carbocycles. The first-order valence-corrected chi connectivity index (χ1v) is 8.20. The lowest BCUT2D eigenvalue weighted by Crippen LogP contribution is -2.16. The van der Waals surface area contributed by atoms with Crippen molar-refractivity contribution in [2.24, 2.45) is 0 Å². The molecule has 0 bridgehead atoms. The van der Waals surface area contributed by atoms with Crippen molar-refractivity contribution in [3.8, 4) is 11.5 Å². The van der Waals surface area contributed by atoms with Gasteiger partial charge in [-0.1, -0.05) is 42.5 Å². The average Bonchev–Trinajstić information content (AvgIpc) is 3.00. The monoisotopic (exact) mass is 344 g/mol. The molecule has 26 heavy (non-hydrogen) atoms. The molecule has 0 fully saturated rings. The van der Waals surface area contributed by atoms with E-state index in [1.165, 1.54) is 16.7 Å². The minimum Gasteiger partial charge on any atom is -0.508 e. The second-order valence-corrected chi connectivity index (χ2v) is 6.02. The third-order valence-corrected chi connectivity index (χ3v) is 4.25. The molecule has 1 heterocycles. The van der Waals surface area contributed by atoms with Gasteiger partial charge in [0.1, 0.15) is 17.3 Å². The third kappa shape index (κ3) is 2.80. The molecule has 0 spiro atoms. The van der Waals surface area contributed by atoms with Crippen LogP contribution >= 0.6 is 0 Å². The van der Waals surface area contributed by atoms with Crippen molar-refractivity contribution in [2.75, 3.05) is 0 Å².